The van der Waals surface area contributed by atoms with Crippen LogP contribution in [0.4, 0.5) is 10.1 Å². The molecule has 3 aromatic rings. The molecular weight excluding hydrogens is 329 g/mol. The van der Waals surface area contributed by atoms with Crippen molar-refractivity contribution in [3.05, 3.63) is 72.6 Å². The van der Waals surface area contributed by atoms with E-state index in [9.17, 15) is 4.39 Å². The Morgan fingerprint density at radius 2 is 1.77 bits per heavy atom. The van der Waals surface area contributed by atoms with E-state index in [1.165, 1.54) is 17.8 Å². The van der Waals surface area contributed by atoms with Gasteiger partial charge in [-0.25, -0.2) is 9.07 Å². The number of pyridine rings is 1. The van der Waals surface area contributed by atoms with Gasteiger partial charge in [0.25, 0.3) is 0 Å². The predicted octanol–water partition coefficient (Wildman–Crippen LogP) is 3.12. The first-order valence-corrected chi connectivity index (χ1v) is 8.88. The first-order valence-electron chi connectivity index (χ1n) is 8.88. The number of halogens is 1. The molecule has 1 atom stereocenters. The minimum atomic E-state index is -0.234. The maximum Gasteiger partial charge on any atom is 0.123 e. The van der Waals surface area contributed by atoms with Crippen molar-refractivity contribution in [2.75, 3.05) is 24.5 Å². The monoisotopic (exact) mass is 351 g/mol. The number of nitrogens with zero attached hydrogens (tertiary/aromatic N) is 5. The molecule has 2 aromatic heterocycles. The van der Waals surface area contributed by atoms with Gasteiger partial charge in [-0.2, -0.15) is 5.10 Å². The van der Waals surface area contributed by atoms with Crippen LogP contribution < -0.4 is 4.90 Å². The fourth-order valence-electron chi connectivity index (χ4n) is 3.51. The lowest BCUT2D eigenvalue weighted by Gasteiger charge is -2.41. The van der Waals surface area contributed by atoms with Gasteiger partial charge >= 0.3 is 0 Å². The molecule has 1 aliphatic heterocycles. The maximum atomic E-state index is 13.1. The van der Waals surface area contributed by atoms with Crippen LogP contribution in [0.3, 0.4) is 0 Å². The molecule has 0 radical (unpaired) electrons. The van der Waals surface area contributed by atoms with Gasteiger partial charge in [-0.05, 0) is 49.4 Å². The quantitative estimate of drug-likeness (QED) is 0.724. The number of piperazine rings is 1. The van der Waals surface area contributed by atoms with Gasteiger partial charge in [0.05, 0.1) is 11.4 Å². The molecule has 5 nitrogen and oxygen atoms in total. The van der Waals surface area contributed by atoms with E-state index in [4.69, 9.17) is 0 Å². The molecule has 0 aliphatic carbocycles. The molecular formula is C20H22FN5. The summed E-state index contributed by atoms with van der Waals surface area (Å²) in [4.78, 5) is 8.96. The molecule has 1 saturated heterocycles. The van der Waals surface area contributed by atoms with Crippen LogP contribution in [0.2, 0.25) is 0 Å². The molecule has 1 unspecified atom stereocenters. The van der Waals surface area contributed by atoms with Crippen molar-refractivity contribution in [1.29, 1.82) is 0 Å². The second-order valence-electron chi connectivity index (χ2n) is 6.71. The van der Waals surface area contributed by atoms with E-state index in [1.54, 1.807) is 16.8 Å². The summed E-state index contributed by atoms with van der Waals surface area (Å²) in [5.74, 6) is -0.234. The van der Waals surface area contributed by atoms with E-state index in [-0.39, 0.29) is 5.82 Å². The second kappa shape index (κ2) is 7.25. The third kappa shape index (κ3) is 3.60. The van der Waals surface area contributed by atoms with Crippen molar-refractivity contribution in [3.63, 3.8) is 0 Å². The summed E-state index contributed by atoms with van der Waals surface area (Å²) in [6.45, 7) is 6.05. The highest BCUT2D eigenvalue weighted by atomic mass is 19.1. The highest BCUT2D eigenvalue weighted by Crippen LogP contribution is 2.20. The maximum absolute atomic E-state index is 13.1. The Morgan fingerprint density at radius 1 is 1.00 bits per heavy atom. The Balaban J connectivity index is 1.39. The first-order chi connectivity index (χ1) is 12.7. The van der Waals surface area contributed by atoms with Crippen molar-refractivity contribution in [2.45, 2.75) is 19.5 Å². The molecule has 1 aliphatic rings. The van der Waals surface area contributed by atoms with Gasteiger partial charge in [0.1, 0.15) is 5.82 Å². The van der Waals surface area contributed by atoms with E-state index >= 15 is 0 Å². The number of benzene rings is 1. The predicted molar refractivity (Wildman–Crippen MR) is 99.8 cm³/mol. The van der Waals surface area contributed by atoms with Crippen LogP contribution in [0.25, 0.3) is 5.69 Å². The van der Waals surface area contributed by atoms with E-state index in [1.807, 2.05) is 24.7 Å². The van der Waals surface area contributed by atoms with Gasteiger partial charge in [0.15, 0.2) is 0 Å². The van der Waals surface area contributed by atoms with Crippen LogP contribution >= 0.6 is 0 Å². The van der Waals surface area contributed by atoms with Gasteiger partial charge in [-0.15, -0.1) is 0 Å². The van der Waals surface area contributed by atoms with Crippen LogP contribution in [0.5, 0.6) is 0 Å². The Morgan fingerprint density at radius 3 is 2.50 bits per heavy atom. The van der Waals surface area contributed by atoms with Crippen LogP contribution in [-0.4, -0.2) is 45.3 Å². The van der Waals surface area contributed by atoms with Gasteiger partial charge < -0.3 is 4.90 Å². The molecule has 0 spiro atoms. The normalized spacial score (nSPS) is 18.2. The number of anilines is 1. The summed E-state index contributed by atoms with van der Waals surface area (Å²) >= 11 is 0. The molecule has 134 valence electrons. The summed E-state index contributed by atoms with van der Waals surface area (Å²) < 4.78 is 14.9. The third-order valence-corrected chi connectivity index (χ3v) is 4.83. The average molecular weight is 351 g/mol. The van der Waals surface area contributed by atoms with Crippen LogP contribution in [0.1, 0.15) is 12.6 Å². The second-order valence-corrected chi connectivity index (χ2v) is 6.71. The Kier molecular flexibility index (Phi) is 4.67. The molecule has 0 bridgehead atoms. The topological polar surface area (TPSA) is 37.2 Å². The molecule has 26 heavy (non-hydrogen) atoms. The standard InChI is InChI=1S/C20H22FN5/c1-16-14-24(12-13-25(16)19-6-9-22-10-7-19)15-18-8-11-26(23-18)20-4-2-17(21)3-5-20/h2-11,16H,12-15H2,1H3. The molecule has 6 heteroatoms. The number of rotatable bonds is 4. The van der Waals surface area contributed by atoms with Crippen LogP contribution in [0, 0.1) is 5.82 Å². The summed E-state index contributed by atoms with van der Waals surface area (Å²) in [6.07, 6.45) is 5.62. The van der Waals surface area contributed by atoms with E-state index < -0.39 is 0 Å². The van der Waals surface area contributed by atoms with Crippen molar-refractivity contribution in [3.8, 4) is 5.69 Å². The SMILES string of the molecule is CC1CN(Cc2ccn(-c3ccc(F)cc3)n2)CCN1c1ccncc1. The molecule has 0 amide bonds. The molecule has 3 heterocycles. The third-order valence-electron chi connectivity index (χ3n) is 4.83. The smallest absolute Gasteiger partial charge is 0.123 e. The van der Waals surface area contributed by atoms with Crippen molar-refractivity contribution in [1.82, 2.24) is 19.7 Å². The van der Waals surface area contributed by atoms with Crippen molar-refractivity contribution < 1.29 is 4.39 Å². The average Bonchev–Trinajstić information content (AvgIpc) is 3.11. The molecule has 1 fully saturated rings. The highest BCUT2D eigenvalue weighted by Gasteiger charge is 2.24. The van der Waals surface area contributed by atoms with E-state index in [0.717, 1.165) is 37.6 Å². The molecule has 0 N–H and O–H groups in total. The van der Waals surface area contributed by atoms with Gasteiger partial charge in [0.2, 0.25) is 0 Å². The largest absolute Gasteiger partial charge is 0.366 e. The summed E-state index contributed by atoms with van der Waals surface area (Å²) in [5, 5.41) is 4.64. The van der Waals surface area contributed by atoms with Crippen LogP contribution in [0.15, 0.2) is 61.1 Å². The zero-order valence-electron chi connectivity index (χ0n) is 14.8. The lowest BCUT2D eigenvalue weighted by molar-refractivity contribution is 0.218. The first kappa shape index (κ1) is 16.7. The summed E-state index contributed by atoms with van der Waals surface area (Å²) in [6, 6.07) is 13.0. The Bertz CT molecular complexity index is 846. The van der Waals surface area contributed by atoms with Gasteiger partial charge in [-0.3, -0.25) is 9.88 Å². The molecule has 0 saturated carbocycles. The number of aromatic nitrogens is 3. The zero-order chi connectivity index (χ0) is 17.9. The minimum absolute atomic E-state index is 0.234. The van der Waals surface area contributed by atoms with Gasteiger partial charge in [0, 0.05) is 56.5 Å². The van der Waals surface area contributed by atoms with Gasteiger partial charge in [-0.1, -0.05) is 0 Å². The summed E-state index contributed by atoms with van der Waals surface area (Å²) in [7, 11) is 0. The van der Waals surface area contributed by atoms with E-state index in [2.05, 4.69) is 38.9 Å². The fraction of sp³-hybridized carbons (Fsp3) is 0.300. The van der Waals surface area contributed by atoms with Crippen molar-refractivity contribution in [2.24, 2.45) is 0 Å². The van der Waals surface area contributed by atoms with Crippen LogP contribution in [-0.2, 0) is 6.54 Å². The van der Waals surface area contributed by atoms with E-state index in [0.29, 0.717) is 6.04 Å². The molecule has 4 rings (SSSR count). The number of hydrogen-bond donors (Lipinski definition) is 0. The van der Waals surface area contributed by atoms with Crippen molar-refractivity contribution >= 4 is 5.69 Å². The summed E-state index contributed by atoms with van der Waals surface area (Å²) in [5.41, 5.74) is 3.13. The lowest BCUT2D eigenvalue weighted by atomic mass is 10.1. The zero-order valence-corrected chi connectivity index (χ0v) is 14.8. The lowest BCUT2D eigenvalue weighted by Crippen LogP contribution is -2.51. The highest BCUT2D eigenvalue weighted by molar-refractivity contribution is 5.46. The Labute approximate surface area is 152 Å². The molecule has 1 aromatic carbocycles. The minimum Gasteiger partial charge on any atom is -0.366 e. The number of hydrogen-bond acceptors (Lipinski definition) is 4. The fourth-order valence-corrected chi connectivity index (χ4v) is 3.51. The Hall–Kier alpha value is -2.73.